The lowest BCUT2D eigenvalue weighted by molar-refractivity contribution is -0.00463. The minimum Gasteiger partial charge on any atom is -0.372 e. The van der Waals surface area contributed by atoms with Crippen molar-refractivity contribution in [1.82, 2.24) is 14.3 Å². The van der Waals surface area contributed by atoms with Crippen molar-refractivity contribution in [1.29, 1.82) is 0 Å². The Bertz CT molecular complexity index is 534. The molecule has 0 radical (unpaired) electrons. The number of hydrogen-bond acceptors (Lipinski definition) is 6. The smallest absolute Gasteiger partial charge is 0.214 e. The van der Waals surface area contributed by atoms with Gasteiger partial charge in [-0.1, -0.05) is 0 Å². The minimum absolute atomic E-state index is 0.0963. The van der Waals surface area contributed by atoms with Crippen molar-refractivity contribution >= 4 is 15.8 Å². The molecule has 2 heterocycles. The van der Waals surface area contributed by atoms with Gasteiger partial charge in [-0.15, -0.1) is 0 Å². The summed E-state index contributed by atoms with van der Waals surface area (Å²) in [7, 11) is -1.45. The fourth-order valence-electron chi connectivity index (χ4n) is 2.00. The van der Waals surface area contributed by atoms with Crippen LogP contribution in [-0.4, -0.2) is 55.2 Å². The predicted octanol–water partition coefficient (Wildman–Crippen LogP) is 0.241. The van der Waals surface area contributed by atoms with Gasteiger partial charge in [0.1, 0.15) is 17.6 Å². The number of anilines is 1. The van der Waals surface area contributed by atoms with Crippen LogP contribution in [0.25, 0.3) is 0 Å². The first-order chi connectivity index (χ1) is 9.08. The fraction of sp³-hybridized carbons (Fsp3) is 0.636. The molecule has 106 valence electrons. The van der Waals surface area contributed by atoms with E-state index < -0.39 is 10.0 Å². The van der Waals surface area contributed by atoms with Crippen LogP contribution in [-0.2, 0) is 14.8 Å². The van der Waals surface area contributed by atoms with Gasteiger partial charge in [0.2, 0.25) is 10.0 Å². The van der Waals surface area contributed by atoms with E-state index >= 15 is 0 Å². The Morgan fingerprint density at radius 1 is 1.47 bits per heavy atom. The Balaban J connectivity index is 2.22. The summed E-state index contributed by atoms with van der Waals surface area (Å²) in [4.78, 5) is 8.40. The highest BCUT2D eigenvalue weighted by molar-refractivity contribution is 7.89. The predicted molar refractivity (Wildman–Crippen MR) is 71.3 cm³/mol. The molecule has 1 fully saturated rings. The van der Waals surface area contributed by atoms with Crippen LogP contribution in [0.4, 0.5) is 5.82 Å². The summed E-state index contributed by atoms with van der Waals surface area (Å²) in [6, 6.07) is 0. The van der Waals surface area contributed by atoms with E-state index in [9.17, 15) is 8.42 Å². The lowest BCUT2D eigenvalue weighted by Crippen LogP contribution is -2.43. The molecular weight excluding hydrogens is 268 g/mol. The number of nitrogens with zero attached hydrogens (tertiary/aromatic N) is 3. The fourth-order valence-corrected chi connectivity index (χ4v) is 3.08. The number of rotatable bonds is 4. The second kappa shape index (κ2) is 5.81. The lowest BCUT2D eigenvalue weighted by atomic mass is 10.2. The molecule has 2 rings (SSSR count). The second-order valence-corrected chi connectivity index (χ2v) is 6.42. The highest BCUT2D eigenvalue weighted by Crippen LogP contribution is 2.26. The van der Waals surface area contributed by atoms with Crippen molar-refractivity contribution in [3.8, 4) is 0 Å². The van der Waals surface area contributed by atoms with Gasteiger partial charge in [-0.05, 0) is 6.92 Å². The Labute approximate surface area is 113 Å². The van der Waals surface area contributed by atoms with Crippen LogP contribution in [0.1, 0.15) is 18.7 Å². The lowest BCUT2D eigenvalue weighted by Gasteiger charge is -2.31. The normalized spacial score (nSPS) is 21.3. The van der Waals surface area contributed by atoms with E-state index in [2.05, 4.69) is 15.3 Å². The largest absolute Gasteiger partial charge is 0.372 e. The van der Waals surface area contributed by atoms with E-state index in [0.29, 0.717) is 24.7 Å². The summed E-state index contributed by atoms with van der Waals surface area (Å²) in [5, 5.41) is 2.94. The highest BCUT2D eigenvalue weighted by atomic mass is 32.2. The first kappa shape index (κ1) is 14.2. The summed E-state index contributed by atoms with van der Waals surface area (Å²) in [5.41, 5.74) is 0.640. The van der Waals surface area contributed by atoms with E-state index in [0.717, 1.165) is 0 Å². The van der Waals surface area contributed by atoms with E-state index in [-0.39, 0.29) is 18.4 Å². The number of sulfonamides is 1. The van der Waals surface area contributed by atoms with Crippen LogP contribution < -0.4 is 5.32 Å². The van der Waals surface area contributed by atoms with Crippen LogP contribution >= 0.6 is 0 Å². The van der Waals surface area contributed by atoms with E-state index in [1.165, 1.54) is 4.31 Å². The molecule has 0 amide bonds. The summed E-state index contributed by atoms with van der Waals surface area (Å²) in [5.74, 6) is 0.710. The van der Waals surface area contributed by atoms with E-state index in [1.54, 1.807) is 26.4 Å². The molecule has 0 spiro atoms. The summed E-state index contributed by atoms with van der Waals surface area (Å²) >= 11 is 0. The van der Waals surface area contributed by atoms with Gasteiger partial charge in [-0.25, -0.2) is 13.4 Å². The van der Waals surface area contributed by atoms with Crippen LogP contribution in [0.5, 0.6) is 0 Å². The molecule has 0 unspecified atom stereocenters. The van der Waals surface area contributed by atoms with Crippen molar-refractivity contribution in [2.45, 2.75) is 13.0 Å². The Kier molecular flexibility index (Phi) is 4.33. The molecule has 1 aromatic rings. The van der Waals surface area contributed by atoms with E-state index in [4.69, 9.17) is 4.74 Å². The van der Waals surface area contributed by atoms with Crippen molar-refractivity contribution < 1.29 is 13.2 Å². The average Bonchev–Trinajstić information content (AvgIpc) is 2.47. The van der Waals surface area contributed by atoms with Gasteiger partial charge in [-0.2, -0.15) is 4.31 Å². The van der Waals surface area contributed by atoms with E-state index in [1.807, 2.05) is 0 Å². The van der Waals surface area contributed by atoms with Gasteiger partial charge in [0.05, 0.1) is 12.4 Å². The monoisotopic (exact) mass is 286 g/mol. The molecule has 0 aromatic carbocycles. The summed E-state index contributed by atoms with van der Waals surface area (Å²) < 4.78 is 30.9. The number of aromatic nitrogens is 2. The van der Waals surface area contributed by atoms with Gasteiger partial charge in [-0.3, -0.25) is 4.98 Å². The van der Waals surface area contributed by atoms with Crippen LogP contribution in [0.3, 0.4) is 0 Å². The maximum Gasteiger partial charge on any atom is 0.214 e. The second-order valence-electron chi connectivity index (χ2n) is 4.16. The average molecular weight is 286 g/mol. The van der Waals surface area contributed by atoms with Crippen molar-refractivity contribution in [2.75, 3.05) is 37.8 Å². The molecule has 0 aliphatic carbocycles. The molecule has 0 bridgehead atoms. The van der Waals surface area contributed by atoms with Crippen molar-refractivity contribution in [2.24, 2.45) is 0 Å². The first-order valence-electron chi connectivity index (χ1n) is 6.16. The zero-order valence-electron chi connectivity index (χ0n) is 11.0. The zero-order valence-corrected chi connectivity index (χ0v) is 11.9. The molecule has 7 nitrogen and oxygen atoms in total. The number of morpholine rings is 1. The van der Waals surface area contributed by atoms with Gasteiger partial charge >= 0.3 is 0 Å². The Morgan fingerprint density at radius 2 is 2.21 bits per heavy atom. The molecule has 1 aromatic heterocycles. The third kappa shape index (κ3) is 3.02. The minimum atomic E-state index is -3.20. The maximum atomic E-state index is 11.9. The molecule has 1 aliphatic heterocycles. The number of ether oxygens (including phenoxy) is 1. The Hall–Kier alpha value is -1.25. The molecule has 8 heteroatoms. The van der Waals surface area contributed by atoms with Gasteiger partial charge < -0.3 is 10.1 Å². The maximum absolute atomic E-state index is 11.9. The molecule has 19 heavy (non-hydrogen) atoms. The van der Waals surface area contributed by atoms with Gasteiger partial charge in [0.25, 0.3) is 0 Å². The molecule has 1 atom stereocenters. The number of nitrogens with one attached hydrogen (secondary N) is 1. The topological polar surface area (TPSA) is 84.4 Å². The zero-order chi connectivity index (χ0) is 13.9. The standard InChI is InChI=1S/C11H18N4O3S/c1-3-19(16,17)15-6-7-18-9(8-15)10-11(12-2)14-5-4-13-10/h4-5,9H,3,6-8H2,1-2H3,(H,12,14)/t9-/m0/s1. The van der Waals surface area contributed by atoms with Crippen LogP contribution in [0.2, 0.25) is 0 Å². The summed E-state index contributed by atoms with van der Waals surface area (Å²) in [6.45, 7) is 2.68. The SMILES string of the molecule is CCS(=O)(=O)N1CCO[C@H](c2nccnc2NC)C1. The summed E-state index contributed by atoms with van der Waals surface area (Å²) in [6.07, 6.45) is 2.78. The molecule has 1 saturated heterocycles. The number of hydrogen-bond donors (Lipinski definition) is 1. The first-order valence-corrected chi connectivity index (χ1v) is 7.77. The Morgan fingerprint density at radius 3 is 2.89 bits per heavy atom. The van der Waals surface area contributed by atoms with Gasteiger partial charge in [0.15, 0.2) is 0 Å². The molecule has 0 saturated carbocycles. The van der Waals surface area contributed by atoms with Gasteiger partial charge in [0, 0.05) is 32.5 Å². The third-order valence-corrected chi connectivity index (χ3v) is 4.90. The highest BCUT2D eigenvalue weighted by Gasteiger charge is 2.31. The van der Waals surface area contributed by atoms with Crippen LogP contribution in [0, 0.1) is 0 Å². The molecule has 1 N–H and O–H groups in total. The van der Waals surface area contributed by atoms with Crippen LogP contribution in [0.15, 0.2) is 12.4 Å². The molecular formula is C11H18N4O3S. The molecule has 1 aliphatic rings. The van der Waals surface area contributed by atoms with Crippen molar-refractivity contribution in [3.05, 3.63) is 18.1 Å². The van der Waals surface area contributed by atoms with Crippen molar-refractivity contribution in [3.63, 3.8) is 0 Å². The quantitative estimate of drug-likeness (QED) is 0.853. The third-order valence-electron chi connectivity index (χ3n) is 3.06.